The summed E-state index contributed by atoms with van der Waals surface area (Å²) in [7, 11) is 0. The van der Waals surface area contributed by atoms with Gasteiger partial charge >= 0.3 is 12.2 Å². The lowest BCUT2D eigenvalue weighted by Crippen LogP contribution is -2.35. The second-order valence-corrected chi connectivity index (χ2v) is 8.29. The summed E-state index contributed by atoms with van der Waals surface area (Å²) < 4.78 is 4.58. The van der Waals surface area contributed by atoms with Gasteiger partial charge in [-0.05, 0) is 38.6 Å². The number of aromatic nitrogens is 1. The van der Waals surface area contributed by atoms with Crippen LogP contribution in [0.1, 0.15) is 46.2 Å². The number of hydrogen-bond donors (Lipinski definition) is 3. The highest BCUT2D eigenvalue weighted by atomic mass is 16.6. The third kappa shape index (κ3) is 7.44. The van der Waals surface area contributed by atoms with Crippen LogP contribution in [0.4, 0.5) is 9.59 Å². The van der Waals surface area contributed by atoms with Crippen molar-refractivity contribution in [1.29, 1.82) is 0 Å². The summed E-state index contributed by atoms with van der Waals surface area (Å²) in [6.07, 6.45) is 0.628. The topological polar surface area (TPSA) is 115 Å². The number of pyridine rings is 1. The number of fused-ring (bicyclic) bond motifs is 3. The van der Waals surface area contributed by atoms with Crippen LogP contribution in [0.25, 0.3) is 21.7 Å². The minimum atomic E-state index is -0.978. The van der Waals surface area contributed by atoms with Crippen molar-refractivity contribution >= 4 is 33.9 Å². The summed E-state index contributed by atoms with van der Waals surface area (Å²) >= 11 is 0. The summed E-state index contributed by atoms with van der Waals surface area (Å²) in [4.78, 5) is 25.8. The fraction of sp³-hybridized carbons (Fsp3) is 0.375. The molecule has 1 atom stereocenters. The van der Waals surface area contributed by atoms with Crippen LogP contribution in [0.5, 0.6) is 0 Å². The first-order chi connectivity index (χ1) is 14.6. The molecule has 0 aliphatic rings. The molecule has 2 aromatic carbocycles. The van der Waals surface area contributed by atoms with E-state index in [1.54, 1.807) is 20.8 Å². The van der Waals surface area contributed by atoms with Crippen molar-refractivity contribution in [3.8, 4) is 0 Å². The number of nitrogens with two attached hydrogens (primary N) is 1. The second kappa shape index (κ2) is 10.6. The van der Waals surface area contributed by atoms with E-state index in [2.05, 4.69) is 35.2 Å². The standard InChI is InChI=1S/C19H20N2O2.C5H11NO2/c1-2-7-13(20-19(22)23)12-18-16-10-4-3-8-14(16)15-9-5-6-11-17(15)21-18;1-5(2,3)8-4(6)7/h3-6,8-11,13,20H,2,7,12H2,1H3,(H,22,23);1-3H3,(H2,6,7). The molecule has 1 unspecified atom stereocenters. The van der Waals surface area contributed by atoms with Crippen LogP contribution in [0, 0.1) is 0 Å². The first-order valence-corrected chi connectivity index (χ1v) is 10.3. The number of primary amides is 1. The second-order valence-electron chi connectivity index (χ2n) is 8.29. The van der Waals surface area contributed by atoms with E-state index in [0.717, 1.165) is 34.8 Å². The molecule has 4 N–H and O–H groups in total. The molecule has 1 aromatic heterocycles. The number of rotatable bonds is 5. The Morgan fingerprint density at radius 1 is 1.06 bits per heavy atom. The zero-order valence-electron chi connectivity index (χ0n) is 18.5. The Bertz CT molecular complexity index is 1040. The fourth-order valence-electron chi connectivity index (χ4n) is 3.41. The first-order valence-electron chi connectivity index (χ1n) is 10.3. The highest BCUT2D eigenvalue weighted by Gasteiger charge is 2.15. The maximum absolute atomic E-state index is 11.0. The molecule has 0 spiro atoms. The molecular formula is C24H31N3O4. The van der Waals surface area contributed by atoms with E-state index in [9.17, 15) is 9.59 Å². The number of carbonyl (C=O) groups is 2. The van der Waals surface area contributed by atoms with Crippen molar-refractivity contribution in [3.05, 3.63) is 54.2 Å². The van der Waals surface area contributed by atoms with Crippen molar-refractivity contribution in [3.63, 3.8) is 0 Å². The first kappa shape index (κ1) is 23.9. The third-order valence-electron chi connectivity index (χ3n) is 4.50. The molecule has 3 aromatic rings. The smallest absolute Gasteiger partial charge is 0.405 e. The number of nitrogens with zero attached hydrogens (tertiary/aromatic N) is 1. The van der Waals surface area contributed by atoms with Gasteiger partial charge in [-0.3, -0.25) is 4.98 Å². The largest absolute Gasteiger partial charge is 0.465 e. The molecule has 31 heavy (non-hydrogen) atoms. The van der Waals surface area contributed by atoms with Gasteiger partial charge in [0.15, 0.2) is 0 Å². The van der Waals surface area contributed by atoms with Gasteiger partial charge in [0.25, 0.3) is 0 Å². The minimum Gasteiger partial charge on any atom is -0.465 e. The molecule has 3 rings (SSSR count). The summed E-state index contributed by atoms with van der Waals surface area (Å²) in [6, 6.07) is 16.2. The van der Waals surface area contributed by atoms with E-state index in [-0.39, 0.29) is 6.04 Å². The Morgan fingerprint density at radius 3 is 2.16 bits per heavy atom. The number of carboxylic acid groups (broad SMARTS) is 1. The van der Waals surface area contributed by atoms with Gasteiger partial charge in [-0.25, -0.2) is 9.59 Å². The Balaban J connectivity index is 0.000000366. The number of amides is 2. The summed E-state index contributed by atoms with van der Waals surface area (Å²) in [5.74, 6) is 0. The monoisotopic (exact) mass is 425 g/mol. The van der Waals surface area contributed by atoms with Gasteiger partial charge < -0.3 is 20.9 Å². The molecule has 0 radical (unpaired) electrons. The zero-order valence-corrected chi connectivity index (χ0v) is 18.5. The van der Waals surface area contributed by atoms with E-state index in [1.807, 2.05) is 30.3 Å². The Kier molecular flexibility index (Phi) is 8.19. The number of hydrogen-bond acceptors (Lipinski definition) is 4. The summed E-state index contributed by atoms with van der Waals surface area (Å²) in [5, 5.41) is 15.1. The normalized spacial score (nSPS) is 12.0. The summed E-state index contributed by atoms with van der Waals surface area (Å²) in [6.45, 7) is 7.34. The zero-order chi connectivity index (χ0) is 23.0. The molecule has 1 heterocycles. The average molecular weight is 426 g/mol. The van der Waals surface area contributed by atoms with Crippen molar-refractivity contribution < 1.29 is 19.4 Å². The lowest BCUT2D eigenvalue weighted by Gasteiger charge is -2.17. The minimum absolute atomic E-state index is 0.116. The Morgan fingerprint density at radius 2 is 1.65 bits per heavy atom. The van der Waals surface area contributed by atoms with Gasteiger partial charge in [0.2, 0.25) is 0 Å². The third-order valence-corrected chi connectivity index (χ3v) is 4.50. The Labute approximate surface area is 182 Å². The van der Waals surface area contributed by atoms with Crippen LogP contribution in [-0.2, 0) is 11.2 Å². The van der Waals surface area contributed by atoms with E-state index in [4.69, 9.17) is 15.8 Å². The van der Waals surface area contributed by atoms with Crippen LogP contribution < -0.4 is 11.1 Å². The van der Waals surface area contributed by atoms with Gasteiger partial charge in [0.1, 0.15) is 5.60 Å². The predicted octanol–water partition coefficient (Wildman–Crippen LogP) is 5.25. The van der Waals surface area contributed by atoms with E-state index in [1.165, 1.54) is 5.39 Å². The van der Waals surface area contributed by atoms with Crippen molar-refractivity contribution in [2.24, 2.45) is 5.73 Å². The molecule has 7 heteroatoms. The highest BCUT2D eigenvalue weighted by molar-refractivity contribution is 6.06. The molecule has 0 fully saturated rings. The van der Waals surface area contributed by atoms with Crippen LogP contribution in [0.3, 0.4) is 0 Å². The van der Waals surface area contributed by atoms with Crippen molar-refractivity contribution in [2.45, 2.75) is 58.6 Å². The highest BCUT2D eigenvalue weighted by Crippen LogP contribution is 2.27. The van der Waals surface area contributed by atoms with Crippen LogP contribution in [0.2, 0.25) is 0 Å². The predicted molar refractivity (Wildman–Crippen MR) is 123 cm³/mol. The van der Waals surface area contributed by atoms with Gasteiger partial charge in [-0.1, -0.05) is 55.8 Å². The Hall–Kier alpha value is -3.35. The van der Waals surface area contributed by atoms with Gasteiger partial charge in [-0.2, -0.15) is 0 Å². The molecule has 0 bridgehead atoms. The number of benzene rings is 2. The van der Waals surface area contributed by atoms with Gasteiger partial charge in [-0.15, -0.1) is 0 Å². The lowest BCUT2D eigenvalue weighted by atomic mass is 9.99. The van der Waals surface area contributed by atoms with E-state index < -0.39 is 17.8 Å². The molecule has 7 nitrogen and oxygen atoms in total. The van der Waals surface area contributed by atoms with Crippen molar-refractivity contribution in [2.75, 3.05) is 0 Å². The van der Waals surface area contributed by atoms with Crippen LogP contribution >= 0.6 is 0 Å². The van der Waals surface area contributed by atoms with Crippen LogP contribution in [-0.4, -0.2) is 33.9 Å². The van der Waals surface area contributed by atoms with Crippen LogP contribution in [0.15, 0.2) is 48.5 Å². The molecule has 0 saturated carbocycles. The SMILES string of the molecule is CC(C)(C)OC(N)=O.CCCC(Cc1nc2ccccc2c2ccccc12)NC(=O)O. The van der Waals surface area contributed by atoms with E-state index >= 15 is 0 Å². The molecule has 166 valence electrons. The number of carbonyl (C=O) groups excluding carboxylic acids is 1. The maximum atomic E-state index is 11.0. The van der Waals surface area contributed by atoms with Crippen molar-refractivity contribution in [1.82, 2.24) is 10.3 Å². The molecule has 0 aliphatic heterocycles. The average Bonchev–Trinajstić information content (AvgIpc) is 2.66. The number of ether oxygens (including phenoxy) is 1. The van der Waals surface area contributed by atoms with Gasteiger partial charge in [0, 0.05) is 23.2 Å². The molecule has 0 saturated heterocycles. The number of para-hydroxylation sites is 1. The summed E-state index contributed by atoms with van der Waals surface area (Å²) in [5.41, 5.74) is 6.17. The fourth-order valence-corrected chi connectivity index (χ4v) is 3.41. The van der Waals surface area contributed by atoms with Gasteiger partial charge in [0.05, 0.1) is 11.2 Å². The molecule has 2 amide bonds. The molecule has 0 aliphatic carbocycles. The number of nitrogens with one attached hydrogen (secondary N) is 1. The quantitative estimate of drug-likeness (QED) is 0.483. The lowest BCUT2D eigenvalue weighted by molar-refractivity contribution is 0.0600. The van der Waals surface area contributed by atoms with E-state index in [0.29, 0.717) is 6.42 Å². The molecular weight excluding hydrogens is 394 g/mol. The maximum Gasteiger partial charge on any atom is 0.405 e.